The Kier molecular flexibility index (Phi) is 4.76. The molecule has 1 unspecified atom stereocenters. The number of benzene rings is 1. The van der Waals surface area contributed by atoms with E-state index in [0.29, 0.717) is 23.3 Å². The summed E-state index contributed by atoms with van der Waals surface area (Å²) in [5.74, 6) is -0.538. The molecule has 0 amide bonds. The molecule has 108 valence electrons. The lowest BCUT2D eigenvalue weighted by Gasteiger charge is -2.12. The highest BCUT2D eigenvalue weighted by atomic mass is 16.4. The summed E-state index contributed by atoms with van der Waals surface area (Å²) in [5.41, 5.74) is 0.812. The number of hydrogen-bond acceptors (Lipinski definition) is 4. The average molecular weight is 277 g/mol. The smallest absolute Gasteiger partial charge is 0.339 e. The van der Waals surface area contributed by atoms with E-state index in [9.17, 15) is 9.90 Å². The number of aliphatic hydroxyl groups excluding tert-OH is 1. The lowest BCUT2D eigenvalue weighted by atomic mass is 10.1. The van der Waals surface area contributed by atoms with Gasteiger partial charge >= 0.3 is 5.97 Å². The van der Waals surface area contributed by atoms with Crippen LogP contribution in [-0.4, -0.2) is 28.8 Å². The third kappa shape index (κ3) is 3.18. The first-order chi connectivity index (χ1) is 9.63. The minimum absolute atomic E-state index is 0.164. The van der Waals surface area contributed by atoms with Crippen molar-refractivity contribution in [2.75, 3.05) is 6.61 Å². The maximum Gasteiger partial charge on any atom is 0.339 e. The number of aliphatic hydroxyl groups is 1. The molecule has 5 nitrogen and oxygen atoms in total. The first kappa shape index (κ1) is 14.6. The number of fused-ring (bicyclic) bond motifs is 1. The Labute approximate surface area is 117 Å². The third-order valence-electron chi connectivity index (χ3n) is 3.29. The average Bonchev–Trinajstić information content (AvgIpc) is 2.81. The molecule has 0 saturated carbocycles. The molecule has 2 rings (SSSR count). The van der Waals surface area contributed by atoms with Gasteiger partial charge in [-0.3, -0.25) is 0 Å². The Balaban J connectivity index is 2.17. The number of para-hydroxylation sites is 1. The van der Waals surface area contributed by atoms with Gasteiger partial charge in [-0.2, -0.15) is 0 Å². The summed E-state index contributed by atoms with van der Waals surface area (Å²) in [6.45, 7) is 2.53. The van der Waals surface area contributed by atoms with E-state index in [1.807, 2.05) is 13.0 Å². The molecule has 1 aromatic carbocycles. The molecule has 2 aromatic rings. The van der Waals surface area contributed by atoms with E-state index >= 15 is 0 Å². The monoisotopic (exact) mass is 277 g/mol. The third-order valence-corrected chi connectivity index (χ3v) is 3.29. The molecular weight excluding hydrogens is 258 g/mol. The van der Waals surface area contributed by atoms with Crippen LogP contribution in [0.5, 0.6) is 0 Å². The van der Waals surface area contributed by atoms with E-state index in [1.165, 1.54) is 0 Å². The van der Waals surface area contributed by atoms with E-state index in [2.05, 4.69) is 5.32 Å². The van der Waals surface area contributed by atoms with Crippen LogP contribution in [0, 0.1) is 0 Å². The Hall–Kier alpha value is -1.85. The van der Waals surface area contributed by atoms with Crippen LogP contribution in [0.3, 0.4) is 0 Å². The van der Waals surface area contributed by atoms with Crippen LogP contribution in [-0.2, 0) is 6.54 Å². The van der Waals surface area contributed by atoms with Crippen molar-refractivity contribution in [3.05, 3.63) is 35.6 Å². The Morgan fingerprint density at radius 2 is 2.15 bits per heavy atom. The van der Waals surface area contributed by atoms with Crippen molar-refractivity contribution in [3.8, 4) is 0 Å². The number of hydrogen-bond donors (Lipinski definition) is 3. The van der Waals surface area contributed by atoms with Crippen molar-refractivity contribution >= 4 is 16.9 Å². The van der Waals surface area contributed by atoms with Gasteiger partial charge in [-0.15, -0.1) is 0 Å². The molecule has 0 spiro atoms. The van der Waals surface area contributed by atoms with Crippen molar-refractivity contribution in [2.45, 2.75) is 32.4 Å². The molecule has 0 aliphatic rings. The molecule has 0 fully saturated rings. The van der Waals surface area contributed by atoms with Gasteiger partial charge < -0.3 is 19.9 Å². The molecule has 5 heteroatoms. The van der Waals surface area contributed by atoms with Gasteiger partial charge in [0.15, 0.2) is 0 Å². The second kappa shape index (κ2) is 6.54. The van der Waals surface area contributed by atoms with Gasteiger partial charge in [-0.05, 0) is 25.8 Å². The SMILES string of the molecule is CC(CCCO)NCc1oc2ccccc2c1C(=O)O. The van der Waals surface area contributed by atoms with Crippen molar-refractivity contribution in [2.24, 2.45) is 0 Å². The summed E-state index contributed by atoms with van der Waals surface area (Å²) in [5, 5.41) is 22.0. The number of aromatic carboxylic acids is 1. The van der Waals surface area contributed by atoms with Crippen molar-refractivity contribution in [1.82, 2.24) is 5.32 Å². The molecule has 0 saturated heterocycles. The fourth-order valence-electron chi connectivity index (χ4n) is 2.22. The van der Waals surface area contributed by atoms with Gasteiger partial charge in [0, 0.05) is 18.0 Å². The number of carboxylic acids is 1. The molecule has 0 bridgehead atoms. The normalized spacial score (nSPS) is 12.7. The first-order valence-electron chi connectivity index (χ1n) is 6.71. The lowest BCUT2D eigenvalue weighted by Crippen LogP contribution is -2.26. The molecule has 1 aromatic heterocycles. The Bertz CT molecular complexity index is 591. The molecule has 0 radical (unpaired) electrons. The molecule has 1 atom stereocenters. The van der Waals surface area contributed by atoms with E-state index in [-0.39, 0.29) is 18.2 Å². The fraction of sp³-hybridized carbons (Fsp3) is 0.400. The van der Waals surface area contributed by atoms with E-state index in [0.717, 1.165) is 12.8 Å². The minimum atomic E-state index is -0.977. The van der Waals surface area contributed by atoms with Gasteiger partial charge in [-0.25, -0.2) is 4.79 Å². The summed E-state index contributed by atoms with van der Waals surface area (Å²) < 4.78 is 5.62. The van der Waals surface area contributed by atoms with Crippen LogP contribution in [0.15, 0.2) is 28.7 Å². The van der Waals surface area contributed by atoms with Gasteiger partial charge in [0.25, 0.3) is 0 Å². The van der Waals surface area contributed by atoms with Crippen LogP contribution >= 0.6 is 0 Å². The zero-order valence-corrected chi connectivity index (χ0v) is 11.4. The van der Waals surface area contributed by atoms with Crippen LogP contribution in [0.2, 0.25) is 0 Å². The number of nitrogens with one attached hydrogen (secondary N) is 1. The second-order valence-electron chi connectivity index (χ2n) is 4.85. The summed E-state index contributed by atoms with van der Waals surface area (Å²) >= 11 is 0. The highest BCUT2D eigenvalue weighted by Gasteiger charge is 2.19. The summed E-state index contributed by atoms with van der Waals surface area (Å²) in [6.07, 6.45) is 1.55. The maximum atomic E-state index is 11.4. The highest BCUT2D eigenvalue weighted by molar-refractivity contribution is 6.03. The predicted octanol–water partition coefficient (Wildman–Crippen LogP) is 2.38. The Morgan fingerprint density at radius 3 is 2.85 bits per heavy atom. The number of rotatable bonds is 7. The fourth-order valence-corrected chi connectivity index (χ4v) is 2.22. The van der Waals surface area contributed by atoms with Gasteiger partial charge in [0.05, 0.1) is 6.54 Å². The summed E-state index contributed by atoms with van der Waals surface area (Å²) in [7, 11) is 0. The number of carbonyl (C=O) groups is 1. The topological polar surface area (TPSA) is 82.7 Å². The molecule has 0 aliphatic carbocycles. The summed E-state index contributed by atoms with van der Waals surface area (Å²) in [4.78, 5) is 11.4. The van der Waals surface area contributed by atoms with Gasteiger partial charge in [0.1, 0.15) is 16.9 Å². The van der Waals surface area contributed by atoms with Crippen LogP contribution in [0.25, 0.3) is 11.0 Å². The zero-order chi connectivity index (χ0) is 14.5. The van der Waals surface area contributed by atoms with Crippen molar-refractivity contribution < 1.29 is 19.4 Å². The quantitative estimate of drug-likeness (QED) is 0.723. The van der Waals surface area contributed by atoms with E-state index < -0.39 is 5.97 Å². The van der Waals surface area contributed by atoms with Gasteiger partial charge in [-0.1, -0.05) is 18.2 Å². The molecule has 0 aliphatic heterocycles. The highest BCUT2D eigenvalue weighted by Crippen LogP contribution is 2.25. The maximum absolute atomic E-state index is 11.4. The van der Waals surface area contributed by atoms with E-state index in [4.69, 9.17) is 9.52 Å². The first-order valence-corrected chi connectivity index (χ1v) is 6.71. The van der Waals surface area contributed by atoms with Gasteiger partial charge in [0.2, 0.25) is 0 Å². The lowest BCUT2D eigenvalue weighted by molar-refractivity contribution is 0.0696. The largest absolute Gasteiger partial charge is 0.478 e. The number of carboxylic acid groups (broad SMARTS) is 1. The van der Waals surface area contributed by atoms with Crippen molar-refractivity contribution in [1.29, 1.82) is 0 Å². The molecule has 1 heterocycles. The Morgan fingerprint density at radius 1 is 1.40 bits per heavy atom. The zero-order valence-electron chi connectivity index (χ0n) is 11.4. The molecule has 3 N–H and O–H groups in total. The van der Waals surface area contributed by atoms with E-state index in [1.54, 1.807) is 18.2 Å². The van der Waals surface area contributed by atoms with Crippen molar-refractivity contribution in [3.63, 3.8) is 0 Å². The standard InChI is InChI=1S/C15H19NO4/c1-10(5-4-8-17)16-9-13-14(15(18)19)11-6-2-3-7-12(11)20-13/h2-3,6-7,10,16-17H,4-5,8-9H2,1H3,(H,18,19). The number of furan rings is 1. The minimum Gasteiger partial charge on any atom is -0.478 e. The van der Waals surface area contributed by atoms with Crippen LogP contribution < -0.4 is 5.32 Å². The predicted molar refractivity (Wildman–Crippen MR) is 75.8 cm³/mol. The molecule has 20 heavy (non-hydrogen) atoms. The second-order valence-corrected chi connectivity index (χ2v) is 4.85. The molecular formula is C15H19NO4. The summed E-state index contributed by atoms with van der Waals surface area (Å²) in [6, 6.07) is 7.32. The van der Waals surface area contributed by atoms with Crippen LogP contribution in [0.1, 0.15) is 35.9 Å². The van der Waals surface area contributed by atoms with Crippen LogP contribution in [0.4, 0.5) is 0 Å².